The molecule has 0 aromatic rings. The molecular weight excluding hydrogens is 230 g/mol. The summed E-state index contributed by atoms with van der Waals surface area (Å²) < 4.78 is 5.30. The van der Waals surface area contributed by atoms with Gasteiger partial charge < -0.3 is 10.1 Å². The number of ether oxygens (including phenoxy) is 1. The summed E-state index contributed by atoms with van der Waals surface area (Å²) in [6.45, 7) is 6.16. The molecule has 0 spiro atoms. The van der Waals surface area contributed by atoms with Crippen molar-refractivity contribution in [3.63, 3.8) is 0 Å². The fourth-order valence-corrected chi connectivity index (χ4v) is 3.42. The van der Waals surface area contributed by atoms with Gasteiger partial charge >= 0.3 is 0 Å². The Labute approximate surface area is 111 Å². The van der Waals surface area contributed by atoms with Crippen LogP contribution in [0.2, 0.25) is 0 Å². The van der Waals surface area contributed by atoms with Crippen molar-refractivity contribution in [3.8, 4) is 0 Å². The first kappa shape index (κ1) is 15.3. The minimum atomic E-state index is 0.852. The predicted molar refractivity (Wildman–Crippen MR) is 77.9 cm³/mol. The number of thioether (sulfide) groups is 1. The van der Waals surface area contributed by atoms with Gasteiger partial charge in [-0.25, -0.2) is 0 Å². The molecule has 1 rings (SSSR count). The Kier molecular flexibility index (Phi) is 10.2. The van der Waals surface area contributed by atoms with Crippen LogP contribution in [0.1, 0.15) is 45.4 Å². The molecule has 0 unspecified atom stereocenters. The molecule has 0 bridgehead atoms. The number of rotatable bonds is 11. The lowest BCUT2D eigenvalue weighted by molar-refractivity contribution is 0.143. The molecular formula is C14H29NOS. The van der Waals surface area contributed by atoms with Crippen LogP contribution in [0.3, 0.4) is 0 Å². The summed E-state index contributed by atoms with van der Waals surface area (Å²) in [6.07, 6.45) is 8.35. The molecule has 0 aromatic heterocycles. The summed E-state index contributed by atoms with van der Waals surface area (Å²) in [6, 6.07) is 0. The third-order valence-electron chi connectivity index (χ3n) is 3.35. The second-order valence-corrected chi connectivity index (χ2v) is 6.03. The molecule has 1 aliphatic rings. The van der Waals surface area contributed by atoms with Crippen molar-refractivity contribution in [1.82, 2.24) is 5.32 Å². The Hall–Kier alpha value is 0.270. The zero-order valence-electron chi connectivity index (χ0n) is 11.4. The van der Waals surface area contributed by atoms with Crippen molar-refractivity contribution >= 4 is 11.8 Å². The van der Waals surface area contributed by atoms with Gasteiger partial charge in [-0.3, -0.25) is 0 Å². The smallest absolute Gasteiger partial charge is 0.0466 e. The Balaban J connectivity index is 1.69. The fourth-order valence-electron chi connectivity index (χ4n) is 2.29. The quantitative estimate of drug-likeness (QED) is 0.575. The van der Waals surface area contributed by atoms with E-state index in [-0.39, 0.29) is 0 Å². The monoisotopic (exact) mass is 259 g/mol. The molecule has 1 fully saturated rings. The van der Waals surface area contributed by atoms with Gasteiger partial charge in [-0.15, -0.1) is 0 Å². The van der Waals surface area contributed by atoms with Gasteiger partial charge in [-0.2, -0.15) is 11.8 Å². The van der Waals surface area contributed by atoms with Crippen LogP contribution in [0.15, 0.2) is 0 Å². The van der Waals surface area contributed by atoms with E-state index in [1.165, 1.54) is 56.6 Å². The number of hydrogen-bond acceptors (Lipinski definition) is 3. The van der Waals surface area contributed by atoms with E-state index < -0.39 is 0 Å². The van der Waals surface area contributed by atoms with E-state index in [2.05, 4.69) is 24.0 Å². The molecule has 102 valence electrons. The molecule has 0 saturated heterocycles. The van der Waals surface area contributed by atoms with Crippen LogP contribution in [0.25, 0.3) is 0 Å². The van der Waals surface area contributed by atoms with Gasteiger partial charge in [0.25, 0.3) is 0 Å². The van der Waals surface area contributed by atoms with Gasteiger partial charge in [0.15, 0.2) is 0 Å². The predicted octanol–water partition coefficient (Wildman–Crippen LogP) is 3.32. The summed E-state index contributed by atoms with van der Waals surface area (Å²) in [5, 5.41) is 3.51. The van der Waals surface area contributed by atoms with Gasteiger partial charge in [0.05, 0.1) is 0 Å². The molecule has 3 heteroatoms. The number of nitrogens with one attached hydrogen (secondary N) is 1. The van der Waals surface area contributed by atoms with Gasteiger partial charge in [0, 0.05) is 25.5 Å². The van der Waals surface area contributed by atoms with Gasteiger partial charge in [-0.05, 0) is 50.8 Å². The first-order chi connectivity index (χ1) is 8.43. The van der Waals surface area contributed by atoms with E-state index in [1.54, 1.807) is 0 Å². The van der Waals surface area contributed by atoms with E-state index in [1.807, 2.05) is 0 Å². The first-order valence-electron chi connectivity index (χ1n) is 7.29. The zero-order chi connectivity index (χ0) is 12.2. The highest BCUT2D eigenvalue weighted by Crippen LogP contribution is 2.27. The third kappa shape index (κ3) is 8.92. The highest BCUT2D eigenvalue weighted by Gasteiger charge is 2.13. The maximum atomic E-state index is 5.30. The second-order valence-electron chi connectivity index (χ2n) is 4.88. The largest absolute Gasteiger partial charge is 0.382 e. The van der Waals surface area contributed by atoms with Crippen molar-refractivity contribution < 1.29 is 4.74 Å². The summed E-state index contributed by atoms with van der Waals surface area (Å²) >= 11 is 2.14. The molecule has 0 atom stereocenters. The minimum absolute atomic E-state index is 0.852. The third-order valence-corrected chi connectivity index (χ3v) is 4.55. The maximum absolute atomic E-state index is 5.30. The first-order valence-corrected chi connectivity index (χ1v) is 8.45. The van der Waals surface area contributed by atoms with Crippen molar-refractivity contribution in [2.45, 2.75) is 45.4 Å². The second kappa shape index (κ2) is 11.4. The van der Waals surface area contributed by atoms with Crippen molar-refractivity contribution in [2.75, 3.05) is 37.8 Å². The highest BCUT2D eigenvalue weighted by molar-refractivity contribution is 7.99. The van der Waals surface area contributed by atoms with E-state index in [0.717, 1.165) is 25.7 Å². The van der Waals surface area contributed by atoms with Crippen LogP contribution in [0, 0.1) is 5.92 Å². The molecule has 2 nitrogen and oxygen atoms in total. The van der Waals surface area contributed by atoms with E-state index >= 15 is 0 Å². The normalized spacial score (nSPS) is 16.8. The lowest BCUT2D eigenvalue weighted by Gasteiger charge is -2.08. The lowest BCUT2D eigenvalue weighted by atomic mass is 10.1. The summed E-state index contributed by atoms with van der Waals surface area (Å²) in [4.78, 5) is 0. The molecule has 0 aliphatic heterocycles. The topological polar surface area (TPSA) is 21.3 Å². The average Bonchev–Trinajstić information content (AvgIpc) is 2.85. The van der Waals surface area contributed by atoms with E-state index in [0.29, 0.717) is 0 Å². The van der Waals surface area contributed by atoms with Crippen LogP contribution < -0.4 is 5.32 Å². The Morgan fingerprint density at radius 2 is 2.00 bits per heavy atom. The molecule has 0 aromatic carbocycles. The molecule has 17 heavy (non-hydrogen) atoms. The van der Waals surface area contributed by atoms with Crippen LogP contribution in [-0.4, -0.2) is 37.8 Å². The maximum Gasteiger partial charge on any atom is 0.0466 e. The highest BCUT2D eigenvalue weighted by atomic mass is 32.2. The lowest BCUT2D eigenvalue weighted by Crippen LogP contribution is -2.19. The Morgan fingerprint density at radius 3 is 2.76 bits per heavy atom. The molecule has 1 N–H and O–H groups in total. The SMILES string of the molecule is CCOCCCCNCCSCC1CCCC1. The van der Waals surface area contributed by atoms with Gasteiger partial charge in [-0.1, -0.05) is 12.8 Å². The van der Waals surface area contributed by atoms with Crippen molar-refractivity contribution in [1.29, 1.82) is 0 Å². The Bertz CT molecular complexity index is 160. The van der Waals surface area contributed by atoms with Crippen LogP contribution >= 0.6 is 11.8 Å². The number of hydrogen-bond donors (Lipinski definition) is 1. The molecule has 0 heterocycles. The van der Waals surface area contributed by atoms with E-state index in [9.17, 15) is 0 Å². The van der Waals surface area contributed by atoms with Crippen LogP contribution in [0.5, 0.6) is 0 Å². The number of unbranched alkanes of at least 4 members (excludes halogenated alkanes) is 1. The summed E-state index contributed by atoms with van der Waals surface area (Å²) in [5.41, 5.74) is 0. The minimum Gasteiger partial charge on any atom is -0.382 e. The molecule has 1 saturated carbocycles. The van der Waals surface area contributed by atoms with Gasteiger partial charge in [0.1, 0.15) is 0 Å². The summed E-state index contributed by atoms with van der Waals surface area (Å²) in [5.74, 6) is 3.71. The Morgan fingerprint density at radius 1 is 1.18 bits per heavy atom. The van der Waals surface area contributed by atoms with Crippen LogP contribution in [-0.2, 0) is 4.74 Å². The standard InChI is InChI=1S/C14H29NOS/c1-2-16-11-6-5-9-15-10-12-17-13-14-7-3-4-8-14/h14-15H,2-13H2,1H3. The molecule has 1 aliphatic carbocycles. The van der Waals surface area contributed by atoms with E-state index in [4.69, 9.17) is 4.74 Å². The van der Waals surface area contributed by atoms with Crippen molar-refractivity contribution in [3.05, 3.63) is 0 Å². The zero-order valence-corrected chi connectivity index (χ0v) is 12.2. The van der Waals surface area contributed by atoms with Crippen molar-refractivity contribution in [2.24, 2.45) is 5.92 Å². The van der Waals surface area contributed by atoms with Gasteiger partial charge in [0.2, 0.25) is 0 Å². The summed E-state index contributed by atoms with van der Waals surface area (Å²) in [7, 11) is 0. The fraction of sp³-hybridized carbons (Fsp3) is 1.00. The molecule has 0 amide bonds. The van der Waals surface area contributed by atoms with Crippen LogP contribution in [0.4, 0.5) is 0 Å². The average molecular weight is 259 g/mol. The molecule has 0 radical (unpaired) electrons.